The topological polar surface area (TPSA) is 6.48 Å². The minimum absolute atomic E-state index is 0.781. The van der Waals surface area contributed by atoms with Crippen molar-refractivity contribution in [3.63, 3.8) is 0 Å². The fraction of sp³-hybridized carbons (Fsp3) is 1.00. The maximum Gasteiger partial charge on any atom is 0.0225 e. The van der Waals surface area contributed by atoms with Crippen LogP contribution in [0, 0.1) is 5.92 Å². The van der Waals surface area contributed by atoms with E-state index in [0.29, 0.717) is 0 Å². The second-order valence-electron chi connectivity index (χ2n) is 4.87. The molecule has 1 aliphatic rings. The fourth-order valence-corrected chi connectivity index (χ4v) is 2.43. The molecule has 1 atom stereocenters. The third kappa shape index (κ3) is 5.74. The number of nitrogens with zero attached hydrogens (tertiary/aromatic N) is 2. The van der Waals surface area contributed by atoms with E-state index in [0.717, 1.165) is 18.2 Å². The molecule has 0 aromatic heterocycles. The Balaban J connectivity index is 2.14. The summed E-state index contributed by atoms with van der Waals surface area (Å²) in [7, 11) is 2.22. The average Bonchev–Trinajstić information content (AvgIpc) is 2.41. The predicted octanol–water partition coefficient (Wildman–Crippen LogP) is 2.28. The molecule has 1 rings (SSSR count). The molecule has 0 aromatic carbocycles. The molecule has 0 N–H and O–H groups in total. The van der Waals surface area contributed by atoms with E-state index in [1.54, 1.807) is 0 Å². The molecule has 0 radical (unpaired) electrons. The van der Waals surface area contributed by atoms with Crippen molar-refractivity contribution < 1.29 is 0 Å². The monoisotopic (exact) mass is 232 g/mol. The summed E-state index contributed by atoms with van der Waals surface area (Å²) in [6.07, 6.45) is 3.78. The predicted molar refractivity (Wildman–Crippen MR) is 67.7 cm³/mol. The van der Waals surface area contributed by atoms with Gasteiger partial charge in [-0.25, -0.2) is 0 Å². The molecule has 1 aliphatic heterocycles. The Morgan fingerprint density at radius 2 is 1.93 bits per heavy atom. The van der Waals surface area contributed by atoms with Gasteiger partial charge in [-0.15, -0.1) is 11.6 Å². The zero-order valence-corrected chi connectivity index (χ0v) is 11.0. The Kier molecular flexibility index (Phi) is 6.62. The molecule has 1 heterocycles. The lowest BCUT2D eigenvalue weighted by Crippen LogP contribution is -2.30. The average molecular weight is 233 g/mol. The Labute approximate surface area is 99.6 Å². The van der Waals surface area contributed by atoms with E-state index >= 15 is 0 Å². The van der Waals surface area contributed by atoms with Crippen LogP contribution in [0.4, 0.5) is 0 Å². The summed E-state index contributed by atoms with van der Waals surface area (Å²) in [4.78, 5) is 5.04. The van der Waals surface area contributed by atoms with E-state index in [9.17, 15) is 0 Å². The molecule has 90 valence electrons. The molecule has 2 nitrogen and oxygen atoms in total. The first-order valence-electron chi connectivity index (χ1n) is 6.19. The van der Waals surface area contributed by atoms with Gasteiger partial charge in [0.2, 0.25) is 0 Å². The SMILES string of the molecule is CC(CCCl)CCN1CCCN(C)CC1. The van der Waals surface area contributed by atoms with Crippen molar-refractivity contribution in [3.05, 3.63) is 0 Å². The molecule has 15 heavy (non-hydrogen) atoms. The lowest BCUT2D eigenvalue weighted by atomic mass is 10.1. The zero-order chi connectivity index (χ0) is 11.1. The molecule has 0 aliphatic carbocycles. The smallest absolute Gasteiger partial charge is 0.0225 e. The number of hydrogen-bond acceptors (Lipinski definition) is 2. The normalized spacial score (nSPS) is 22.6. The van der Waals surface area contributed by atoms with Gasteiger partial charge < -0.3 is 9.80 Å². The van der Waals surface area contributed by atoms with Crippen molar-refractivity contribution in [2.75, 3.05) is 45.7 Å². The van der Waals surface area contributed by atoms with Crippen molar-refractivity contribution >= 4 is 11.6 Å². The largest absolute Gasteiger partial charge is 0.305 e. The van der Waals surface area contributed by atoms with Gasteiger partial charge in [0.25, 0.3) is 0 Å². The quantitative estimate of drug-likeness (QED) is 0.672. The summed E-state index contributed by atoms with van der Waals surface area (Å²) < 4.78 is 0. The standard InChI is InChI=1S/C12H25ClN2/c1-12(4-6-13)5-9-15-8-3-7-14(2)10-11-15/h12H,3-11H2,1-2H3. The third-order valence-electron chi connectivity index (χ3n) is 3.35. The summed E-state index contributed by atoms with van der Waals surface area (Å²) in [5.41, 5.74) is 0. The molecular weight excluding hydrogens is 208 g/mol. The van der Waals surface area contributed by atoms with E-state index < -0.39 is 0 Å². The minimum atomic E-state index is 0.781. The lowest BCUT2D eigenvalue weighted by molar-refractivity contribution is 0.257. The maximum absolute atomic E-state index is 5.74. The van der Waals surface area contributed by atoms with Gasteiger partial charge in [0.15, 0.2) is 0 Å². The summed E-state index contributed by atoms with van der Waals surface area (Å²) in [5.74, 6) is 1.59. The Morgan fingerprint density at radius 3 is 2.67 bits per heavy atom. The van der Waals surface area contributed by atoms with E-state index in [-0.39, 0.29) is 0 Å². The number of rotatable bonds is 5. The van der Waals surface area contributed by atoms with Crippen LogP contribution in [-0.4, -0.2) is 55.5 Å². The summed E-state index contributed by atoms with van der Waals surface area (Å²) in [6.45, 7) is 8.57. The van der Waals surface area contributed by atoms with Crippen LogP contribution in [0.25, 0.3) is 0 Å². The first-order chi connectivity index (χ1) is 7.22. The van der Waals surface area contributed by atoms with Crippen LogP contribution in [0.5, 0.6) is 0 Å². The summed E-state index contributed by atoms with van der Waals surface area (Å²) in [5, 5.41) is 0. The van der Waals surface area contributed by atoms with Gasteiger partial charge in [-0.1, -0.05) is 6.92 Å². The Bertz CT molecular complexity index is 164. The molecule has 0 aromatic rings. The van der Waals surface area contributed by atoms with E-state index in [1.807, 2.05) is 0 Å². The van der Waals surface area contributed by atoms with Crippen molar-refractivity contribution in [2.24, 2.45) is 5.92 Å². The highest BCUT2D eigenvalue weighted by Crippen LogP contribution is 2.10. The number of likely N-dealkylation sites (N-methyl/N-ethyl adjacent to an activating group) is 1. The van der Waals surface area contributed by atoms with Gasteiger partial charge in [-0.05, 0) is 51.9 Å². The van der Waals surface area contributed by atoms with Gasteiger partial charge in [0, 0.05) is 19.0 Å². The van der Waals surface area contributed by atoms with Crippen LogP contribution in [0.15, 0.2) is 0 Å². The van der Waals surface area contributed by atoms with Crippen molar-refractivity contribution in [2.45, 2.75) is 26.2 Å². The van der Waals surface area contributed by atoms with Crippen LogP contribution in [0.3, 0.4) is 0 Å². The first kappa shape index (κ1) is 13.3. The van der Waals surface area contributed by atoms with Gasteiger partial charge in [0.1, 0.15) is 0 Å². The molecule has 1 fully saturated rings. The zero-order valence-electron chi connectivity index (χ0n) is 10.2. The van der Waals surface area contributed by atoms with Gasteiger partial charge >= 0.3 is 0 Å². The summed E-state index contributed by atoms with van der Waals surface area (Å²) >= 11 is 5.74. The highest BCUT2D eigenvalue weighted by molar-refractivity contribution is 6.17. The molecule has 3 heteroatoms. The highest BCUT2D eigenvalue weighted by Gasteiger charge is 2.12. The second kappa shape index (κ2) is 7.48. The van der Waals surface area contributed by atoms with Crippen LogP contribution in [0.2, 0.25) is 0 Å². The first-order valence-corrected chi connectivity index (χ1v) is 6.72. The molecule has 0 saturated carbocycles. The molecule has 1 unspecified atom stereocenters. The lowest BCUT2D eigenvalue weighted by Gasteiger charge is -2.21. The van der Waals surface area contributed by atoms with Crippen LogP contribution in [0.1, 0.15) is 26.2 Å². The molecule has 0 bridgehead atoms. The van der Waals surface area contributed by atoms with Gasteiger partial charge in [-0.2, -0.15) is 0 Å². The number of hydrogen-bond donors (Lipinski definition) is 0. The number of halogens is 1. The van der Waals surface area contributed by atoms with Gasteiger partial charge in [-0.3, -0.25) is 0 Å². The molecule has 0 amide bonds. The molecule has 0 spiro atoms. The maximum atomic E-state index is 5.74. The minimum Gasteiger partial charge on any atom is -0.305 e. The van der Waals surface area contributed by atoms with E-state index in [2.05, 4.69) is 23.8 Å². The summed E-state index contributed by atoms with van der Waals surface area (Å²) in [6, 6.07) is 0. The van der Waals surface area contributed by atoms with Crippen molar-refractivity contribution in [3.8, 4) is 0 Å². The van der Waals surface area contributed by atoms with Crippen LogP contribution >= 0.6 is 11.6 Å². The van der Waals surface area contributed by atoms with Gasteiger partial charge in [0.05, 0.1) is 0 Å². The highest BCUT2D eigenvalue weighted by atomic mass is 35.5. The van der Waals surface area contributed by atoms with Crippen molar-refractivity contribution in [1.82, 2.24) is 9.80 Å². The Hall–Kier alpha value is 0.210. The van der Waals surface area contributed by atoms with Crippen LogP contribution in [-0.2, 0) is 0 Å². The molecular formula is C12H25ClN2. The van der Waals surface area contributed by atoms with Crippen molar-refractivity contribution in [1.29, 1.82) is 0 Å². The molecule has 1 saturated heterocycles. The Morgan fingerprint density at radius 1 is 1.13 bits per heavy atom. The fourth-order valence-electron chi connectivity index (χ4n) is 2.06. The second-order valence-corrected chi connectivity index (χ2v) is 5.25. The van der Waals surface area contributed by atoms with E-state index in [4.69, 9.17) is 11.6 Å². The van der Waals surface area contributed by atoms with E-state index in [1.165, 1.54) is 45.6 Å². The van der Waals surface area contributed by atoms with Crippen LogP contribution < -0.4 is 0 Å². The third-order valence-corrected chi connectivity index (χ3v) is 3.57. The number of alkyl halides is 1.